The van der Waals surface area contributed by atoms with Gasteiger partial charge in [0, 0.05) is 22.6 Å². The number of nitrogens with zero attached hydrogens (tertiary/aromatic N) is 1. The van der Waals surface area contributed by atoms with Crippen molar-refractivity contribution in [2.24, 2.45) is 0 Å². The molecule has 1 atom stereocenters. The zero-order valence-corrected chi connectivity index (χ0v) is 16.0. The van der Waals surface area contributed by atoms with E-state index in [1.165, 1.54) is 23.1 Å². The highest BCUT2D eigenvalue weighted by Gasteiger charge is 2.57. The monoisotopic (exact) mass is 407 g/mol. The van der Waals surface area contributed by atoms with Gasteiger partial charge in [0.25, 0.3) is 11.8 Å². The third-order valence-corrected chi connectivity index (χ3v) is 5.60. The van der Waals surface area contributed by atoms with E-state index in [1.807, 2.05) is 19.1 Å². The molecule has 1 spiro atoms. The largest absolute Gasteiger partial charge is 0.350 e. The Morgan fingerprint density at radius 3 is 2.59 bits per heavy atom. The van der Waals surface area contributed by atoms with Gasteiger partial charge in [-0.1, -0.05) is 35.4 Å². The minimum absolute atomic E-state index is 0.132. The molecule has 0 aromatic heterocycles. The van der Waals surface area contributed by atoms with E-state index in [-0.39, 0.29) is 10.9 Å². The third-order valence-electron chi connectivity index (χ3n) is 5.31. The molecule has 0 aliphatic carbocycles. The highest BCUT2D eigenvalue weighted by atomic mass is 35.5. The molecular weight excluding hydrogens is 393 g/mol. The van der Waals surface area contributed by atoms with Gasteiger partial charge in [0.05, 0.1) is 10.6 Å². The highest BCUT2D eigenvalue weighted by molar-refractivity contribution is 6.31. The average Bonchev–Trinajstić information content (AvgIpc) is 2.96. The van der Waals surface area contributed by atoms with Crippen LogP contribution in [0.2, 0.25) is 5.02 Å². The number of benzene rings is 3. The zero-order chi connectivity index (χ0) is 20.3. The first kappa shape index (κ1) is 17.7. The fourth-order valence-corrected chi connectivity index (χ4v) is 4.16. The number of anilines is 3. The summed E-state index contributed by atoms with van der Waals surface area (Å²) in [5.41, 5.74) is 1.91. The second-order valence-electron chi connectivity index (χ2n) is 7.12. The van der Waals surface area contributed by atoms with Crippen molar-refractivity contribution in [3.63, 3.8) is 0 Å². The van der Waals surface area contributed by atoms with E-state index < -0.39 is 17.4 Å². The van der Waals surface area contributed by atoms with Gasteiger partial charge in [-0.05, 0) is 49.4 Å². The maximum absolute atomic E-state index is 13.8. The van der Waals surface area contributed by atoms with Gasteiger partial charge in [0.1, 0.15) is 5.82 Å². The molecular formula is C22H15ClFN3O2. The molecule has 5 rings (SSSR count). The summed E-state index contributed by atoms with van der Waals surface area (Å²) in [6.45, 7) is 1.91. The lowest BCUT2D eigenvalue weighted by Gasteiger charge is -2.44. The molecule has 144 valence electrons. The number of hydrogen-bond donors (Lipinski definition) is 2. The maximum atomic E-state index is 13.8. The summed E-state index contributed by atoms with van der Waals surface area (Å²) in [6.07, 6.45) is 0. The van der Waals surface area contributed by atoms with Gasteiger partial charge in [-0.2, -0.15) is 0 Å². The van der Waals surface area contributed by atoms with E-state index in [2.05, 4.69) is 10.6 Å². The van der Waals surface area contributed by atoms with E-state index in [0.717, 1.165) is 5.56 Å². The van der Waals surface area contributed by atoms with Gasteiger partial charge >= 0.3 is 0 Å². The van der Waals surface area contributed by atoms with Crippen LogP contribution in [0.1, 0.15) is 21.5 Å². The molecule has 0 bridgehead atoms. The van der Waals surface area contributed by atoms with Crippen molar-refractivity contribution in [2.75, 3.05) is 15.5 Å². The number of rotatable bonds is 1. The Hall–Kier alpha value is -3.38. The topological polar surface area (TPSA) is 61.4 Å². The van der Waals surface area contributed by atoms with Crippen LogP contribution in [-0.2, 0) is 10.5 Å². The van der Waals surface area contributed by atoms with Gasteiger partial charge in [-0.15, -0.1) is 0 Å². The van der Waals surface area contributed by atoms with E-state index >= 15 is 0 Å². The van der Waals surface area contributed by atoms with Crippen LogP contribution in [0.4, 0.5) is 21.5 Å². The number of halogens is 2. The van der Waals surface area contributed by atoms with Crippen molar-refractivity contribution in [1.29, 1.82) is 0 Å². The standard InChI is InChI=1S/C22H15ClFN3O2/c1-12-6-9-19-15(10-12)22(21(29)25-19)26-18-5-3-2-4-14(18)20(28)27(22)13-7-8-17(24)16(23)11-13/h2-11,26H,1H3,(H,25,29)/t22-/m1/s1. The van der Waals surface area contributed by atoms with Gasteiger partial charge in [-0.25, -0.2) is 4.39 Å². The average molecular weight is 408 g/mol. The number of hydrogen-bond acceptors (Lipinski definition) is 3. The van der Waals surface area contributed by atoms with Crippen molar-refractivity contribution >= 4 is 40.5 Å². The predicted molar refractivity (Wildman–Crippen MR) is 110 cm³/mol. The Morgan fingerprint density at radius 1 is 1.00 bits per heavy atom. The van der Waals surface area contributed by atoms with Crippen LogP contribution >= 0.6 is 11.6 Å². The number of carbonyl (C=O) groups excluding carboxylic acids is 2. The molecule has 2 amide bonds. The summed E-state index contributed by atoms with van der Waals surface area (Å²) in [5, 5.41) is 6.00. The van der Waals surface area contributed by atoms with Crippen LogP contribution in [-0.4, -0.2) is 11.8 Å². The Morgan fingerprint density at radius 2 is 1.79 bits per heavy atom. The van der Waals surface area contributed by atoms with E-state index in [9.17, 15) is 14.0 Å². The molecule has 2 aliphatic rings. The molecule has 0 fully saturated rings. The third kappa shape index (κ3) is 2.39. The van der Waals surface area contributed by atoms with Crippen LogP contribution in [0.15, 0.2) is 60.7 Å². The Kier molecular flexibility index (Phi) is 3.70. The molecule has 2 heterocycles. The maximum Gasteiger partial charge on any atom is 0.276 e. The smallest absolute Gasteiger partial charge is 0.276 e. The van der Waals surface area contributed by atoms with Crippen molar-refractivity contribution in [3.05, 3.63) is 88.2 Å². The second kappa shape index (κ2) is 6.06. The predicted octanol–water partition coefficient (Wildman–Crippen LogP) is 4.66. The molecule has 29 heavy (non-hydrogen) atoms. The summed E-state index contributed by atoms with van der Waals surface area (Å²) in [6, 6.07) is 16.5. The lowest BCUT2D eigenvalue weighted by molar-refractivity contribution is -0.119. The fourth-order valence-electron chi connectivity index (χ4n) is 3.98. The summed E-state index contributed by atoms with van der Waals surface area (Å²) < 4.78 is 13.8. The van der Waals surface area contributed by atoms with Crippen LogP contribution < -0.4 is 15.5 Å². The summed E-state index contributed by atoms with van der Waals surface area (Å²) in [7, 11) is 0. The van der Waals surface area contributed by atoms with Crippen molar-refractivity contribution in [2.45, 2.75) is 12.6 Å². The highest BCUT2D eigenvalue weighted by Crippen LogP contribution is 2.47. The lowest BCUT2D eigenvalue weighted by Crippen LogP contribution is -2.61. The molecule has 0 saturated carbocycles. The molecule has 2 aliphatic heterocycles. The van der Waals surface area contributed by atoms with Crippen LogP contribution in [0.5, 0.6) is 0 Å². The molecule has 0 saturated heterocycles. The Bertz CT molecular complexity index is 1210. The normalized spacial score (nSPS) is 19.6. The number of fused-ring (bicyclic) bond motifs is 3. The van der Waals surface area contributed by atoms with Crippen LogP contribution in [0.25, 0.3) is 0 Å². The van der Waals surface area contributed by atoms with Crippen molar-refractivity contribution in [3.8, 4) is 0 Å². The summed E-state index contributed by atoms with van der Waals surface area (Å²) in [4.78, 5) is 28.3. The SMILES string of the molecule is Cc1ccc2c(c1)[C@]1(Nc3ccccc3C(=O)N1c1ccc(F)c(Cl)c1)C(=O)N2. The Labute approximate surface area is 171 Å². The fraction of sp³-hybridized carbons (Fsp3) is 0.0909. The number of amides is 2. The van der Waals surface area contributed by atoms with Crippen molar-refractivity contribution < 1.29 is 14.0 Å². The Balaban J connectivity index is 1.83. The van der Waals surface area contributed by atoms with Gasteiger partial charge in [0.15, 0.2) is 0 Å². The number of carbonyl (C=O) groups is 2. The molecule has 2 N–H and O–H groups in total. The molecule has 0 radical (unpaired) electrons. The molecule has 3 aromatic rings. The first-order valence-corrected chi connectivity index (χ1v) is 9.39. The summed E-state index contributed by atoms with van der Waals surface area (Å²) >= 11 is 6.00. The second-order valence-corrected chi connectivity index (χ2v) is 7.53. The number of aryl methyl sites for hydroxylation is 1. The van der Waals surface area contributed by atoms with Gasteiger partial charge in [-0.3, -0.25) is 14.5 Å². The van der Waals surface area contributed by atoms with E-state index in [1.54, 1.807) is 30.3 Å². The quantitative estimate of drug-likeness (QED) is 0.616. The first-order valence-electron chi connectivity index (χ1n) is 9.01. The minimum atomic E-state index is -1.52. The van der Waals surface area contributed by atoms with Gasteiger partial charge in [0.2, 0.25) is 5.66 Å². The zero-order valence-electron chi connectivity index (χ0n) is 15.3. The van der Waals surface area contributed by atoms with Crippen molar-refractivity contribution in [1.82, 2.24) is 0 Å². The molecule has 3 aromatic carbocycles. The van der Waals surface area contributed by atoms with E-state index in [4.69, 9.17) is 11.6 Å². The molecule has 5 nitrogen and oxygen atoms in total. The minimum Gasteiger partial charge on any atom is -0.350 e. The molecule has 7 heteroatoms. The van der Waals surface area contributed by atoms with Crippen LogP contribution in [0.3, 0.4) is 0 Å². The van der Waals surface area contributed by atoms with E-state index in [0.29, 0.717) is 28.2 Å². The molecule has 0 unspecified atom stereocenters. The van der Waals surface area contributed by atoms with Crippen LogP contribution in [0, 0.1) is 12.7 Å². The lowest BCUT2D eigenvalue weighted by atomic mass is 9.91. The first-order chi connectivity index (χ1) is 13.9. The van der Waals surface area contributed by atoms with Gasteiger partial charge < -0.3 is 10.6 Å². The number of para-hydroxylation sites is 1. The number of nitrogens with one attached hydrogen (secondary N) is 2. The summed E-state index contributed by atoms with van der Waals surface area (Å²) in [5.74, 6) is -1.39.